The van der Waals surface area contributed by atoms with Gasteiger partial charge in [-0.25, -0.2) is 0 Å². The number of aromatic nitrogens is 1. The maximum Gasteiger partial charge on any atom is 0.314 e. The summed E-state index contributed by atoms with van der Waals surface area (Å²) in [6.45, 7) is 2.87. The van der Waals surface area contributed by atoms with Crippen molar-refractivity contribution >= 4 is 34.6 Å². The Morgan fingerprint density at radius 1 is 1.04 bits per heavy atom. The minimum atomic E-state index is -0.969. The topological polar surface area (TPSA) is 128 Å². The summed E-state index contributed by atoms with van der Waals surface area (Å²) in [5.41, 5.74) is 0.797. The van der Waals surface area contributed by atoms with Crippen LogP contribution in [0.4, 0.5) is 0 Å². The predicted octanol–water partition coefficient (Wildman–Crippen LogP) is 3.48. The lowest BCUT2D eigenvalue weighted by Crippen LogP contribution is -2.46. The molecule has 11 nitrogen and oxygen atoms in total. The van der Waals surface area contributed by atoms with Crippen LogP contribution in [-0.4, -0.2) is 79.7 Å². The first kappa shape index (κ1) is 32.8. The van der Waals surface area contributed by atoms with Crippen molar-refractivity contribution in [1.82, 2.24) is 20.1 Å². The van der Waals surface area contributed by atoms with Crippen LogP contribution >= 0.6 is 0 Å². The number of para-hydroxylation sites is 1. The molecule has 1 aliphatic carbocycles. The minimum absolute atomic E-state index is 0.117. The Bertz CT molecular complexity index is 1550. The number of carbonyl (C=O) groups excluding carboxylic acids is 4. The fourth-order valence-electron chi connectivity index (χ4n) is 6.12. The first-order valence-electron chi connectivity index (χ1n) is 16.1. The Balaban J connectivity index is 1.37. The van der Waals surface area contributed by atoms with Crippen molar-refractivity contribution in [2.45, 2.75) is 52.0 Å². The van der Waals surface area contributed by atoms with Crippen LogP contribution in [0.5, 0.6) is 11.5 Å². The van der Waals surface area contributed by atoms with Crippen LogP contribution in [0, 0.1) is 11.3 Å². The zero-order valence-corrected chi connectivity index (χ0v) is 26.7. The molecule has 3 amide bonds. The van der Waals surface area contributed by atoms with Gasteiger partial charge in [0.15, 0.2) is 18.1 Å². The van der Waals surface area contributed by atoms with Gasteiger partial charge >= 0.3 is 5.97 Å². The van der Waals surface area contributed by atoms with Gasteiger partial charge in [-0.1, -0.05) is 37.1 Å². The molecule has 1 unspecified atom stereocenters. The number of hydrogen-bond donors (Lipinski definition) is 2. The molecule has 2 aromatic carbocycles. The SMILES string of the molecule is CCOC(=O)C1(CC2CC2)CNC(=O)CCCN(C(=O)Cn2ccc3ccccc32)CCNC(=O)COc2cc(ccc2OC)C1. The van der Waals surface area contributed by atoms with Crippen molar-refractivity contribution in [3.05, 3.63) is 60.3 Å². The second kappa shape index (κ2) is 15.2. The summed E-state index contributed by atoms with van der Waals surface area (Å²) in [4.78, 5) is 54.7. The monoisotopic (exact) mass is 632 g/mol. The maximum atomic E-state index is 13.6. The summed E-state index contributed by atoms with van der Waals surface area (Å²) >= 11 is 0. The Labute approximate surface area is 269 Å². The molecule has 2 heterocycles. The lowest BCUT2D eigenvalue weighted by atomic mass is 9.76. The highest BCUT2D eigenvalue weighted by molar-refractivity contribution is 5.84. The van der Waals surface area contributed by atoms with Crippen LogP contribution in [0.25, 0.3) is 10.9 Å². The molecule has 2 aliphatic rings. The molecule has 1 fully saturated rings. The average Bonchev–Trinajstić information content (AvgIpc) is 3.78. The van der Waals surface area contributed by atoms with Crippen LogP contribution < -0.4 is 20.1 Å². The second-order valence-electron chi connectivity index (χ2n) is 12.2. The van der Waals surface area contributed by atoms with Gasteiger partial charge in [0, 0.05) is 44.3 Å². The van der Waals surface area contributed by atoms with Crippen molar-refractivity contribution in [2.75, 3.05) is 46.5 Å². The number of methoxy groups -OCH3 is 1. The lowest BCUT2D eigenvalue weighted by Gasteiger charge is -2.32. The van der Waals surface area contributed by atoms with Crippen molar-refractivity contribution in [2.24, 2.45) is 11.3 Å². The van der Waals surface area contributed by atoms with Crippen LogP contribution in [-0.2, 0) is 36.9 Å². The number of benzene rings is 2. The Hall–Kier alpha value is -4.54. The van der Waals surface area contributed by atoms with Crippen molar-refractivity contribution in [3.63, 3.8) is 0 Å². The molecule has 11 heteroatoms. The van der Waals surface area contributed by atoms with Gasteiger partial charge in [0.05, 0.1) is 19.1 Å². The largest absolute Gasteiger partial charge is 0.493 e. The van der Waals surface area contributed by atoms with Gasteiger partial charge in [-0.2, -0.15) is 0 Å². The predicted molar refractivity (Wildman–Crippen MR) is 172 cm³/mol. The number of rotatable bonds is 7. The highest BCUT2D eigenvalue weighted by Crippen LogP contribution is 2.43. The summed E-state index contributed by atoms with van der Waals surface area (Å²) < 4.78 is 18.9. The zero-order chi connectivity index (χ0) is 32.5. The van der Waals surface area contributed by atoms with E-state index >= 15 is 0 Å². The van der Waals surface area contributed by atoms with Gasteiger partial charge < -0.3 is 34.3 Å². The number of fused-ring (bicyclic) bond motifs is 3. The molecule has 0 radical (unpaired) electrons. The standard InChI is InChI=1S/C35H44N4O7/c1-3-45-34(43)35(20-25-10-11-25)21-26-12-13-29(44-2)30(19-26)46-23-32(41)36-15-18-38(16-6-9-31(40)37-24-35)33(42)22-39-17-14-27-7-4-5-8-28(27)39/h4-5,7-8,12-14,17,19,25H,3,6,9-11,15-16,18,20-24H2,1-2H3,(H,36,41)(H,37,40). The number of hydrogen-bond acceptors (Lipinski definition) is 7. The van der Waals surface area contributed by atoms with E-state index in [0.29, 0.717) is 43.2 Å². The van der Waals surface area contributed by atoms with Crippen molar-refractivity contribution in [3.8, 4) is 11.5 Å². The first-order valence-corrected chi connectivity index (χ1v) is 16.1. The van der Waals surface area contributed by atoms with E-state index in [1.54, 1.807) is 24.0 Å². The van der Waals surface area contributed by atoms with Crippen molar-refractivity contribution < 1.29 is 33.4 Å². The summed E-state index contributed by atoms with van der Waals surface area (Å²) in [7, 11) is 1.52. The number of carbonyl (C=O) groups is 4. The Kier molecular flexibility index (Phi) is 10.8. The van der Waals surface area contributed by atoms with E-state index in [4.69, 9.17) is 14.2 Å². The van der Waals surface area contributed by atoms with Gasteiger partial charge in [-0.15, -0.1) is 0 Å². The summed E-state index contributed by atoms with van der Waals surface area (Å²) in [5, 5.41) is 6.91. The number of nitrogens with zero attached hydrogens (tertiary/aromatic N) is 2. The average molecular weight is 633 g/mol. The van der Waals surface area contributed by atoms with Gasteiger partial charge in [-0.3, -0.25) is 19.2 Å². The maximum absolute atomic E-state index is 13.6. The van der Waals surface area contributed by atoms with Gasteiger partial charge in [0.2, 0.25) is 11.8 Å². The van der Waals surface area contributed by atoms with Crippen LogP contribution in [0.2, 0.25) is 0 Å². The summed E-state index contributed by atoms with van der Waals surface area (Å²) in [6, 6.07) is 15.2. The van der Waals surface area contributed by atoms with Crippen LogP contribution in [0.1, 0.15) is 44.6 Å². The highest BCUT2D eigenvalue weighted by Gasteiger charge is 2.44. The van der Waals surface area contributed by atoms with Crippen LogP contribution in [0.15, 0.2) is 54.7 Å². The molecule has 1 aliphatic heterocycles. The molecule has 3 aromatic rings. The summed E-state index contributed by atoms with van der Waals surface area (Å²) in [6.07, 6.45) is 5.48. The molecule has 1 atom stereocenters. The zero-order valence-electron chi connectivity index (χ0n) is 26.7. The highest BCUT2D eigenvalue weighted by atomic mass is 16.5. The van der Waals surface area contributed by atoms with Gasteiger partial charge in [0.25, 0.3) is 5.91 Å². The molecule has 0 spiro atoms. The molecule has 2 bridgehead atoms. The molecule has 1 aromatic heterocycles. The third-order valence-electron chi connectivity index (χ3n) is 8.71. The van der Waals surface area contributed by atoms with E-state index in [1.807, 2.05) is 47.2 Å². The minimum Gasteiger partial charge on any atom is -0.493 e. The molecule has 2 N–H and O–H groups in total. The lowest BCUT2D eigenvalue weighted by molar-refractivity contribution is -0.156. The quantitative estimate of drug-likeness (QED) is 0.382. The molecular formula is C35H44N4O7. The van der Waals surface area contributed by atoms with E-state index < -0.39 is 5.41 Å². The molecule has 1 saturated carbocycles. The second-order valence-corrected chi connectivity index (χ2v) is 12.2. The third kappa shape index (κ3) is 8.38. The Morgan fingerprint density at radius 3 is 2.65 bits per heavy atom. The van der Waals surface area contributed by atoms with E-state index in [2.05, 4.69) is 10.6 Å². The van der Waals surface area contributed by atoms with Crippen LogP contribution in [0.3, 0.4) is 0 Å². The molecule has 246 valence electrons. The number of nitrogens with one attached hydrogen (secondary N) is 2. The fraction of sp³-hybridized carbons (Fsp3) is 0.486. The molecule has 46 heavy (non-hydrogen) atoms. The summed E-state index contributed by atoms with van der Waals surface area (Å²) in [5.74, 6) is 0.219. The normalized spacial score (nSPS) is 20.1. The Morgan fingerprint density at radius 2 is 1.87 bits per heavy atom. The van der Waals surface area contributed by atoms with Crippen molar-refractivity contribution in [1.29, 1.82) is 0 Å². The van der Waals surface area contributed by atoms with E-state index in [1.165, 1.54) is 7.11 Å². The van der Waals surface area contributed by atoms with E-state index in [9.17, 15) is 19.2 Å². The molecule has 0 saturated heterocycles. The van der Waals surface area contributed by atoms with E-state index in [-0.39, 0.29) is 69.5 Å². The molecule has 5 rings (SSSR count). The number of amides is 3. The number of ether oxygens (including phenoxy) is 3. The third-order valence-corrected chi connectivity index (χ3v) is 8.71. The smallest absolute Gasteiger partial charge is 0.314 e. The van der Waals surface area contributed by atoms with Gasteiger partial charge in [0.1, 0.15) is 6.54 Å². The number of esters is 1. The fourth-order valence-corrected chi connectivity index (χ4v) is 6.12. The first-order chi connectivity index (χ1) is 22.3. The molecular weight excluding hydrogens is 588 g/mol. The van der Waals surface area contributed by atoms with Gasteiger partial charge in [-0.05, 0) is 67.3 Å². The van der Waals surface area contributed by atoms with E-state index in [0.717, 1.165) is 29.3 Å².